The van der Waals surface area contributed by atoms with E-state index in [0.29, 0.717) is 5.15 Å². The molecular formula is C12H9ClFN. The summed E-state index contributed by atoms with van der Waals surface area (Å²) in [5.41, 5.74) is 2.51. The molecule has 1 aromatic heterocycles. The Hall–Kier alpha value is -1.41. The van der Waals surface area contributed by atoms with Crippen LogP contribution in [0.5, 0.6) is 0 Å². The van der Waals surface area contributed by atoms with Crippen molar-refractivity contribution in [1.29, 1.82) is 0 Å². The summed E-state index contributed by atoms with van der Waals surface area (Å²) in [5.74, 6) is -0.252. The molecule has 0 N–H and O–H groups in total. The normalized spacial score (nSPS) is 10.3. The lowest BCUT2D eigenvalue weighted by Gasteiger charge is -2.03. The van der Waals surface area contributed by atoms with E-state index in [1.165, 1.54) is 12.1 Å². The molecule has 0 saturated heterocycles. The lowest BCUT2D eigenvalue weighted by Crippen LogP contribution is -1.85. The van der Waals surface area contributed by atoms with Gasteiger partial charge in [-0.3, -0.25) is 0 Å². The summed E-state index contributed by atoms with van der Waals surface area (Å²) in [6.07, 6.45) is 0. The summed E-state index contributed by atoms with van der Waals surface area (Å²) in [6.45, 7) is 1.86. The van der Waals surface area contributed by atoms with Crippen molar-refractivity contribution >= 4 is 11.6 Å². The number of nitrogens with zero attached hydrogens (tertiary/aromatic N) is 1. The zero-order chi connectivity index (χ0) is 10.8. The van der Waals surface area contributed by atoms with E-state index in [9.17, 15) is 4.39 Å². The standard InChI is InChI=1S/C12H9ClFN/c1-8-5-10(7-12(13)15-8)9-3-2-4-11(14)6-9/h2-7H,1H3. The summed E-state index contributed by atoms with van der Waals surface area (Å²) in [4.78, 5) is 4.05. The Labute approximate surface area is 92.5 Å². The van der Waals surface area contributed by atoms with Crippen LogP contribution in [0.15, 0.2) is 36.4 Å². The number of benzene rings is 1. The number of halogens is 2. The Balaban J connectivity index is 2.54. The van der Waals surface area contributed by atoms with Crippen LogP contribution in [0, 0.1) is 12.7 Å². The predicted molar refractivity (Wildman–Crippen MR) is 59.4 cm³/mol. The molecule has 0 aliphatic heterocycles. The molecule has 0 aliphatic rings. The average Bonchev–Trinajstić information content (AvgIpc) is 2.16. The van der Waals surface area contributed by atoms with Crippen LogP contribution in [0.3, 0.4) is 0 Å². The molecule has 0 aliphatic carbocycles. The third-order valence-corrected chi connectivity index (χ3v) is 2.27. The molecule has 2 rings (SSSR count). The molecule has 2 aromatic rings. The summed E-state index contributed by atoms with van der Waals surface area (Å²) >= 11 is 5.83. The van der Waals surface area contributed by atoms with Gasteiger partial charge in [0.2, 0.25) is 0 Å². The number of aromatic nitrogens is 1. The zero-order valence-corrected chi connectivity index (χ0v) is 8.92. The van der Waals surface area contributed by atoms with Crippen LogP contribution >= 0.6 is 11.6 Å². The maximum absolute atomic E-state index is 13.0. The molecular weight excluding hydrogens is 213 g/mol. The number of hydrogen-bond donors (Lipinski definition) is 0. The van der Waals surface area contributed by atoms with Crippen LogP contribution in [-0.4, -0.2) is 4.98 Å². The molecule has 1 heterocycles. The molecule has 0 atom stereocenters. The fraction of sp³-hybridized carbons (Fsp3) is 0.0833. The maximum atomic E-state index is 13.0. The molecule has 0 amide bonds. The lowest BCUT2D eigenvalue weighted by molar-refractivity contribution is 0.628. The third-order valence-electron chi connectivity index (χ3n) is 2.08. The highest BCUT2D eigenvalue weighted by atomic mass is 35.5. The Morgan fingerprint density at radius 2 is 1.93 bits per heavy atom. The molecule has 15 heavy (non-hydrogen) atoms. The molecule has 1 aromatic carbocycles. The summed E-state index contributed by atoms with van der Waals surface area (Å²) < 4.78 is 13.0. The van der Waals surface area contributed by atoms with E-state index in [1.807, 2.05) is 19.1 Å². The van der Waals surface area contributed by atoms with Crippen LogP contribution in [0.1, 0.15) is 5.69 Å². The van der Waals surface area contributed by atoms with E-state index < -0.39 is 0 Å². The lowest BCUT2D eigenvalue weighted by atomic mass is 10.1. The van der Waals surface area contributed by atoms with Gasteiger partial charge in [-0.1, -0.05) is 23.7 Å². The molecule has 0 saturated carbocycles. The van der Waals surface area contributed by atoms with Crippen molar-refractivity contribution < 1.29 is 4.39 Å². The quantitative estimate of drug-likeness (QED) is 0.667. The van der Waals surface area contributed by atoms with Crippen molar-refractivity contribution in [2.24, 2.45) is 0 Å². The molecule has 0 radical (unpaired) electrons. The van der Waals surface area contributed by atoms with E-state index in [0.717, 1.165) is 16.8 Å². The van der Waals surface area contributed by atoms with Gasteiger partial charge in [-0.25, -0.2) is 9.37 Å². The van der Waals surface area contributed by atoms with Gasteiger partial charge in [0.05, 0.1) is 0 Å². The van der Waals surface area contributed by atoms with Gasteiger partial charge in [0.25, 0.3) is 0 Å². The van der Waals surface area contributed by atoms with Crippen LogP contribution in [0.4, 0.5) is 4.39 Å². The van der Waals surface area contributed by atoms with E-state index in [-0.39, 0.29) is 5.82 Å². The highest BCUT2D eigenvalue weighted by Crippen LogP contribution is 2.23. The first-order chi connectivity index (χ1) is 7.15. The second kappa shape index (κ2) is 3.99. The maximum Gasteiger partial charge on any atom is 0.129 e. The van der Waals surface area contributed by atoms with Gasteiger partial charge in [0.1, 0.15) is 11.0 Å². The minimum absolute atomic E-state index is 0.252. The van der Waals surface area contributed by atoms with E-state index >= 15 is 0 Å². The van der Waals surface area contributed by atoms with E-state index in [4.69, 9.17) is 11.6 Å². The van der Waals surface area contributed by atoms with Crippen molar-refractivity contribution in [3.8, 4) is 11.1 Å². The second-order valence-electron chi connectivity index (χ2n) is 3.33. The molecule has 0 fully saturated rings. The molecule has 76 valence electrons. The first-order valence-corrected chi connectivity index (χ1v) is 4.93. The van der Waals surface area contributed by atoms with Crippen molar-refractivity contribution in [2.45, 2.75) is 6.92 Å². The van der Waals surface area contributed by atoms with Crippen molar-refractivity contribution in [1.82, 2.24) is 4.98 Å². The van der Waals surface area contributed by atoms with Crippen LogP contribution in [-0.2, 0) is 0 Å². The zero-order valence-electron chi connectivity index (χ0n) is 8.17. The van der Waals surface area contributed by atoms with Crippen LogP contribution < -0.4 is 0 Å². The van der Waals surface area contributed by atoms with Crippen LogP contribution in [0.25, 0.3) is 11.1 Å². The minimum atomic E-state index is -0.252. The molecule has 3 heteroatoms. The molecule has 0 unspecified atom stereocenters. The molecule has 1 nitrogen and oxygen atoms in total. The topological polar surface area (TPSA) is 12.9 Å². The monoisotopic (exact) mass is 221 g/mol. The van der Waals surface area contributed by atoms with Crippen molar-refractivity contribution in [2.75, 3.05) is 0 Å². The first-order valence-electron chi connectivity index (χ1n) is 4.55. The van der Waals surface area contributed by atoms with Crippen molar-refractivity contribution in [3.63, 3.8) is 0 Å². The van der Waals surface area contributed by atoms with Gasteiger partial charge >= 0.3 is 0 Å². The fourth-order valence-electron chi connectivity index (χ4n) is 1.46. The van der Waals surface area contributed by atoms with Gasteiger partial charge in [-0.05, 0) is 42.3 Å². The van der Waals surface area contributed by atoms with Gasteiger partial charge in [0, 0.05) is 5.69 Å². The SMILES string of the molecule is Cc1cc(-c2cccc(F)c2)cc(Cl)n1. The first kappa shape index (κ1) is 10.1. The van der Waals surface area contributed by atoms with Gasteiger partial charge in [-0.15, -0.1) is 0 Å². The van der Waals surface area contributed by atoms with Gasteiger partial charge in [-0.2, -0.15) is 0 Å². The molecule has 0 bridgehead atoms. The number of aryl methyl sites for hydroxylation is 1. The van der Waals surface area contributed by atoms with Gasteiger partial charge < -0.3 is 0 Å². The summed E-state index contributed by atoms with van der Waals surface area (Å²) in [7, 11) is 0. The third kappa shape index (κ3) is 2.34. The molecule has 0 spiro atoms. The van der Waals surface area contributed by atoms with E-state index in [2.05, 4.69) is 4.98 Å². The smallest absolute Gasteiger partial charge is 0.129 e. The van der Waals surface area contributed by atoms with Gasteiger partial charge in [0.15, 0.2) is 0 Å². The number of rotatable bonds is 1. The largest absolute Gasteiger partial charge is 0.241 e. The van der Waals surface area contributed by atoms with Crippen LogP contribution in [0.2, 0.25) is 5.15 Å². The minimum Gasteiger partial charge on any atom is -0.241 e. The van der Waals surface area contributed by atoms with E-state index in [1.54, 1.807) is 12.1 Å². The highest BCUT2D eigenvalue weighted by molar-refractivity contribution is 6.29. The number of pyridine rings is 1. The Morgan fingerprint density at radius 1 is 1.13 bits per heavy atom. The Morgan fingerprint density at radius 3 is 2.60 bits per heavy atom. The predicted octanol–water partition coefficient (Wildman–Crippen LogP) is 3.85. The summed E-state index contributed by atoms with van der Waals surface area (Å²) in [5, 5.41) is 0.425. The second-order valence-corrected chi connectivity index (χ2v) is 3.72. The Kier molecular flexibility index (Phi) is 2.69. The highest BCUT2D eigenvalue weighted by Gasteiger charge is 2.02. The Bertz CT molecular complexity index is 476. The fourth-order valence-corrected chi connectivity index (χ4v) is 1.71. The summed E-state index contributed by atoms with van der Waals surface area (Å²) in [6, 6.07) is 10.0. The number of hydrogen-bond acceptors (Lipinski definition) is 1. The average molecular weight is 222 g/mol. The van der Waals surface area contributed by atoms with Crippen molar-refractivity contribution in [3.05, 3.63) is 53.1 Å².